The second-order valence-corrected chi connectivity index (χ2v) is 11.5. The van der Waals surface area contributed by atoms with E-state index in [0.717, 1.165) is 17.1 Å². The van der Waals surface area contributed by atoms with E-state index in [1.54, 1.807) is 30.3 Å². The molecule has 0 saturated heterocycles. The van der Waals surface area contributed by atoms with Gasteiger partial charge in [-0.05, 0) is 49.1 Å². The number of amides is 3. The van der Waals surface area contributed by atoms with Crippen LogP contribution in [0.5, 0.6) is 0 Å². The Hall–Kier alpha value is -2.62. The first kappa shape index (κ1) is 28.9. The number of unbranched alkanes of at least 4 members (excludes halogenated alkanes) is 1. The molecule has 1 atom stereocenters. The zero-order valence-electron chi connectivity index (χ0n) is 20.9. The Morgan fingerprint density at radius 1 is 1.05 bits per heavy atom. The van der Waals surface area contributed by atoms with Crippen molar-refractivity contribution in [2.24, 2.45) is 0 Å². The van der Waals surface area contributed by atoms with Crippen LogP contribution in [0.2, 0.25) is 10.0 Å². The third-order valence-electron chi connectivity index (χ3n) is 6.22. The lowest BCUT2D eigenvalue weighted by molar-refractivity contribution is -0.141. The molecule has 200 valence electrons. The van der Waals surface area contributed by atoms with Gasteiger partial charge in [0, 0.05) is 26.1 Å². The number of carbonyl (C=O) groups is 3. The number of benzene rings is 2. The second kappa shape index (κ2) is 12.8. The summed E-state index contributed by atoms with van der Waals surface area (Å²) >= 11 is 12.2. The van der Waals surface area contributed by atoms with Crippen molar-refractivity contribution in [3.63, 3.8) is 0 Å². The van der Waals surface area contributed by atoms with E-state index in [1.165, 1.54) is 17.0 Å². The van der Waals surface area contributed by atoms with E-state index in [-0.39, 0.29) is 48.2 Å². The Labute approximate surface area is 228 Å². The summed E-state index contributed by atoms with van der Waals surface area (Å²) in [4.78, 5) is 40.5. The van der Waals surface area contributed by atoms with Gasteiger partial charge in [0.15, 0.2) is 0 Å². The summed E-state index contributed by atoms with van der Waals surface area (Å²) in [5.41, 5.74) is 0.833. The summed E-state index contributed by atoms with van der Waals surface area (Å²) in [6.45, 7) is 4.35. The van der Waals surface area contributed by atoms with E-state index in [4.69, 9.17) is 23.2 Å². The maximum Gasteiger partial charge on any atom is 0.269 e. The molecular formula is C26H31Cl2N3O5S. The average Bonchev–Trinajstić information content (AvgIpc) is 3.06. The summed E-state index contributed by atoms with van der Waals surface area (Å²) in [7, 11) is -3.95. The molecule has 0 radical (unpaired) electrons. The molecule has 1 aliphatic rings. The number of fused-ring (bicyclic) bond motifs is 1. The normalized spacial score (nSPS) is 14.8. The van der Waals surface area contributed by atoms with Gasteiger partial charge in [-0.2, -0.15) is 0 Å². The lowest BCUT2D eigenvalue weighted by Crippen LogP contribution is -2.49. The predicted molar refractivity (Wildman–Crippen MR) is 143 cm³/mol. The van der Waals surface area contributed by atoms with E-state index in [9.17, 15) is 22.8 Å². The first-order valence-corrected chi connectivity index (χ1v) is 14.5. The van der Waals surface area contributed by atoms with Gasteiger partial charge in [-0.25, -0.2) is 12.7 Å². The SMILES string of the molecule is CCCCNC(=O)C(CC)N(Cc1ccc(Cl)c(Cl)c1)C(=O)CCCN1C(=O)c2ccccc2S1(=O)=O. The summed E-state index contributed by atoms with van der Waals surface area (Å²) in [6, 6.07) is 10.3. The van der Waals surface area contributed by atoms with E-state index in [1.807, 2.05) is 13.8 Å². The molecule has 2 aromatic carbocycles. The monoisotopic (exact) mass is 567 g/mol. The standard InChI is InChI=1S/C26H31Cl2N3O5S/c1-3-5-14-29-25(33)22(4-2)30(17-18-12-13-20(27)21(28)16-18)24(32)11-8-15-31-26(34)19-9-6-7-10-23(19)37(31,35)36/h6-7,9-10,12-13,16,22H,3-5,8,11,14-15,17H2,1-2H3,(H,29,33). The van der Waals surface area contributed by atoms with Gasteiger partial charge in [-0.1, -0.05) is 61.7 Å². The molecule has 0 fully saturated rings. The van der Waals surface area contributed by atoms with E-state index in [2.05, 4.69) is 5.32 Å². The number of hydrogen-bond donors (Lipinski definition) is 1. The van der Waals surface area contributed by atoms with Gasteiger partial charge in [-0.15, -0.1) is 0 Å². The van der Waals surface area contributed by atoms with Crippen molar-refractivity contribution in [3.05, 3.63) is 63.6 Å². The predicted octanol–water partition coefficient (Wildman–Crippen LogP) is 4.64. The number of hydrogen-bond acceptors (Lipinski definition) is 5. The van der Waals surface area contributed by atoms with Crippen LogP contribution in [0, 0.1) is 0 Å². The highest BCUT2D eigenvalue weighted by atomic mass is 35.5. The lowest BCUT2D eigenvalue weighted by Gasteiger charge is -2.31. The molecule has 2 aromatic rings. The summed E-state index contributed by atoms with van der Waals surface area (Å²) in [6.07, 6.45) is 2.20. The Bertz CT molecular complexity index is 1270. The highest BCUT2D eigenvalue weighted by Crippen LogP contribution is 2.30. The fourth-order valence-corrected chi connectivity index (χ4v) is 6.16. The first-order chi connectivity index (χ1) is 17.6. The number of nitrogens with zero attached hydrogens (tertiary/aromatic N) is 2. The molecule has 1 heterocycles. The molecule has 1 N–H and O–H groups in total. The van der Waals surface area contributed by atoms with Crippen molar-refractivity contribution in [1.29, 1.82) is 0 Å². The molecule has 11 heteroatoms. The smallest absolute Gasteiger partial charge is 0.269 e. The van der Waals surface area contributed by atoms with Crippen LogP contribution < -0.4 is 5.32 Å². The molecule has 0 aromatic heterocycles. The molecule has 37 heavy (non-hydrogen) atoms. The van der Waals surface area contributed by atoms with Gasteiger partial charge in [0.2, 0.25) is 11.8 Å². The van der Waals surface area contributed by atoms with Crippen molar-refractivity contribution in [2.75, 3.05) is 13.1 Å². The Balaban J connectivity index is 1.75. The van der Waals surface area contributed by atoms with Gasteiger partial charge in [0.05, 0.1) is 15.6 Å². The average molecular weight is 569 g/mol. The Kier molecular flexibility index (Phi) is 9.98. The quantitative estimate of drug-likeness (QED) is 0.376. The molecule has 0 saturated carbocycles. The van der Waals surface area contributed by atoms with Crippen LogP contribution in [-0.2, 0) is 26.2 Å². The van der Waals surface area contributed by atoms with Crippen molar-refractivity contribution in [1.82, 2.24) is 14.5 Å². The highest BCUT2D eigenvalue weighted by molar-refractivity contribution is 7.90. The van der Waals surface area contributed by atoms with Crippen LogP contribution in [0.25, 0.3) is 0 Å². The van der Waals surface area contributed by atoms with Crippen molar-refractivity contribution < 1.29 is 22.8 Å². The summed E-state index contributed by atoms with van der Waals surface area (Å²) in [5, 5.41) is 3.61. The number of rotatable bonds is 12. The molecule has 8 nitrogen and oxygen atoms in total. The third-order valence-corrected chi connectivity index (χ3v) is 8.80. The second-order valence-electron chi connectivity index (χ2n) is 8.82. The molecule has 1 aliphatic heterocycles. The zero-order chi connectivity index (χ0) is 27.2. The topological polar surface area (TPSA) is 104 Å². The number of sulfonamides is 1. The molecule has 0 spiro atoms. The largest absolute Gasteiger partial charge is 0.354 e. The van der Waals surface area contributed by atoms with Crippen LogP contribution in [0.3, 0.4) is 0 Å². The minimum atomic E-state index is -3.95. The van der Waals surface area contributed by atoms with Crippen molar-refractivity contribution in [3.8, 4) is 0 Å². The number of halogens is 2. The maximum absolute atomic E-state index is 13.4. The van der Waals surface area contributed by atoms with E-state index < -0.39 is 22.0 Å². The molecule has 3 amide bonds. The number of nitrogens with one attached hydrogen (secondary N) is 1. The maximum atomic E-state index is 13.4. The molecule has 0 bridgehead atoms. The van der Waals surface area contributed by atoms with Crippen LogP contribution in [0.15, 0.2) is 47.4 Å². The van der Waals surface area contributed by atoms with E-state index >= 15 is 0 Å². The molecule has 1 unspecified atom stereocenters. The lowest BCUT2D eigenvalue weighted by atomic mass is 10.1. The first-order valence-electron chi connectivity index (χ1n) is 12.3. The minimum absolute atomic E-state index is 0.0256. The Morgan fingerprint density at radius 2 is 1.78 bits per heavy atom. The van der Waals surface area contributed by atoms with Crippen molar-refractivity contribution >= 4 is 50.9 Å². The molecular weight excluding hydrogens is 537 g/mol. The van der Waals surface area contributed by atoms with Gasteiger partial charge in [0.25, 0.3) is 15.9 Å². The highest BCUT2D eigenvalue weighted by Gasteiger charge is 2.40. The molecule has 3 rings (SSSR count). The van der Waals surface area contributed by atoms with Gasteiger partial charge >= 0.3 is 0 Å². The third kappa shape index (κ3) is 6.64. The van der Waals surface area contributed by atoms with Gasteiger partial charge < -0.3 is 10.2 Å². The minimum Gasteiger partial charge on any atom is -0.354 e. The van der Waals surface area contributed by atoms with Gasteiger partial charge in [-0.3, -0.25) is 14.4 Å². The number of carbonyl (C=O) groups excluding carboxylic acids is 3. The van der Waals surface area contributed by atoms with Gasteiger partial charge in [0.1, 0.15) is 10.9 Å². The fraction of sp³-hybridized carbons (Fsp3) is 0.423. The fourth-order valence-electron chi connectivity index (χ4n) is 4.23. The zero-order valence-corrected chi connectivity index (χ0v) is 23.2. The van der Waals surface area contributed by atoms with Crippen molar-refractivity contribution in [2.45, 2.75) is 63.4 Å². The summed E-state index contributed by atoms with van der Waals surface area (Å²) in [5.74, 6) is -1.18. The Morgan fingerprint density at radius 3 is 2.43 bits per heavy atom. The summed E-state index contributed by atoms with van der Waals surface area (Å²) < 4.78 is 26.4. The van der Waals surface area contributed by atoms with Crippen LogP contribution in [0.1, 0.15) is 61.9 Å². The molecule has 0 aliphatic carbocycles. The van der Waals surface area contributed by atoms with Crippen LogP contribution >= 0.6 is 23.2 Å². The van der Waals surface area contributed by atoms with Crippen LogP contribution in [0.4, 0.5) is 0 Å². The van der Waals surface area contributed by atoms with Crippen LogP contribution in [-0.4, -0.2) is 54.5 Å². The van der Waals surface area contributed by atoms with E-state index in [0.29, 0.717) is 28.6 Å².